The molecular formula is C10H13F3N2O2. The second kappa shape index (κ2) is 5.33. The number of halogens is 3. The molecule has 0 aliphatic rings. The highest BCUT2D eigenvalue weighted by Crippen LogP contribution is 2.22. The number of rotatable bonds is 4. The van der Waals surface area contributed by atoms with Crippen LogP contribution in [0, 0.1) is 0 Å². The normalized spacial score (nSPS) is 13.5. The molecule has 0 fully saturated rings. The van der Waals surface area contributed by atoms with Gasteiger partial charge in [-0.15, -0.1) is 0 Å². The van der Waals surface area contributed by atoms with Crippen LogP contribution >= 0.6 is 0 Å². The summed E-state index contributed by atoms with van der Waals surface area (Å²) in [6.07, 6.45) is -3.11. The third-order valence-electron chi connectivity index (χ3n) is 2.02. The average Bonchev–Trinajstić information content (AvgIpc) is 2.24. The molecule has 1 heterocycles. The molecule has 1 unspecified atom stereocenters. The van der Waals surface area contributed by atoms with Gasteiger partial charge in [-0.3, -0.25) is 0 Å². The van der Waals surface area contributed by atoms with E-state index in [1.807, 2.05) is 0 Å². The van der Waals surface area contributed by atoms with Crippen molar-refractivity contribution in [3.8, 4) is 5.88 Å². The smallest absolute Gasteiger partial charge is 0.422 e. The maximum atomic E-state index is 11.9. The lowest BCUT2D eigenvalue weighted by Crippen LogP contribution is -2.20. The van der Waals surface area contributed by atoms with Gasteiger partial charge in [0, 0.05) is 17.8 Å². The molecule has 0 saturated carbocycles. The molecule has 3 N–H and O–H groups in total. The molecule has 1 aromatic heterocycles. The van der Waals surface area contributed by atoms with Crippen molar-refractivity contribution in [2.75, 3.05) is 6.61 Å². The number of nitrogens with zero attached hydrogens (tertiary/aromatic N) is 1. The van der Waals surface area contributed by atoms with Gasteiger partial charge in [-0.25, -0.2) is 4.98 Å². The van der Waals surface area contributed by atoms with E-state index in [4.69, 9.17) is 10.8 Å². The van der Waals surface area contributed by atoms with E-state index < -0.39 is 19.4 Å². The summed E-state index contributed by atoms with van der Waals surface area (Å²) in [5, 5.41) is 9.01. The Hall–Kier alpha value is -1.34. The van der Waals surface area contributed by atoms with Crippen LogP contribution in [0.4, 0.5) is 13.2 Å². The number of aromatic nitrogens is 1. The van der Waals surface area contributed by atoms with Gasteiger partial charge in [0.2, 0.25) is 5.88 Å². The van der Waals surface area contributed by atoms with Crippen LogP contribution in [0.1, 0.15) is 24.1 Å². The Bertz CT molecular complexity index is 380. The van der Waals surface area contributed by atoms with Crippen LogP contribution in [-0.2, 0) is 6.61 Å². The van der Waals surface area contributed by atoms with Crippen LogP contribution in [0.2, 0.25) is 0 Å². The average molecular weight is 250 g/mol. The second-order valence-corrected chi connectivity index (χ2v) is 3.58. The molecule has 0 saturated heterocycles. The first kappa shape index (κ1) is 13.7. The van der Waals surface area contributed by atoms with Crippen molar-refractivity contribution in [3.05, 3.63) is 23.4 Å². The van der Waals surface area contributed by atoms with Crippen LogP contribution in [0.15, 0.2) is 12.3 Å². The van der Waals surface area contributed by atoms with Gasteiger partial charge in [0.15, 0.2) is 6.61 Å². The molecule has 17 heavy (non-hydrogen) atoms. The largest absolute Gasteiger partial charge is 0.468 e. The Kier molecular flexibility index (Phi) is 4.30. The highest BCUT2D eigenvalue weighted by molar-refractivity contribution is 5.30. The van der Waals surface area contributed by atoms with E-state index in [0.717, 1.165) is 0 Å². The number of aliphatic hydroxyl groups excluding tert-OH is 1. The monoisotopic (exact) mass is 250 g/mol. The zero-order chi connectivity index (χ0) is 13.1. The van der Waals surface area contributed by atoms with Gasteiger partial charge in [-0.05, 0) is 18.6 Å². The lowest BCUT2D eigenvalue weighted by atomic mass is 10.1. The minimum atomic E-state index is -4.44. The summed E-state index contributed by atoms with van der Waals surface area (Å²) < 4.78 is 40.3. The Balaban J connectivity index is 2.86. The zero-order valence-corrected chi connectivity index (χ0v) is 9.16. The fraction of sp³-hybridized carbons (Fsp3) is 0.500. The summed E-state index contributed by atoms with van der Waals surface area (Å²) in [6.45, 7) is -0.195. The van der Waals surface area contributed by atoms with E-state index in [1.165, 1.54) is 12.3 Å². The molecule has 0 bridgehead atoms. The highest BCUT2D eigenvalue weighted by Gasteiger charge is 2.29. The van der Waals surface area contributed by atoms with Crippen LogP contribution in [0.3, 0.4) is 0 Å². The van der Waals surface area contributed by atoms with Gasteiger partial charge in [0.05, 0.1) is 6.61 Å². The van der Waals surface area contributed by atoms with E-state index in [2.05, 4.69) is 9.72 Å². The number of aliphatic hydroxyl groups is 1. The summed E-state index contributed by atoms with van der Waals surface area (Å²) >= 11 is 0. The van der Waals surface area contributed by atoms with Gasteiger partial charge in [-0.2, -0.15) is 13.2 Å². The summed E-state index contributed by atoms with van der Waals surface area (Å²) in [5.41, 5.74) is 6.39. The maximum Gasteiger partial charge on any atom is 0.422 e. The van der Waals surface area contributed by atoms with Gasteiger partial charge in [0.1, 0.15) is 0 Å². The summed E-state index contributed by atoms with van der Waals surface area (Å²) in [7, 11) is 0. The van der Waals surface area contributed by atoms with E-state index in [1.54, 1.807) is 6.92 Å². The predicted octanol–water partition coefficient (Wildman–Crippen LogP) is 1.53. The van der Waals surface area contributed by atoms with Crippen molar-refractivity contribution in [1.82, 2.24) is 4.98 Å². The second-order valence-electron chi connectivity index (χ2n) is 3.58. The molecule has 96 valence electrons. The minimum absolute atomic E-state index is 0.184. The van der Waals surface area contributed by atoms with Crippen LogP contribution < -0.4 is 10.5 Å². The number of hydrogen-bond acceptors (Lipinski definition) is 4. The van der Waals surface area contributed by atoms with Crippen LogP contribution in [0.5, 0.6) is 5.88 Å². The first-order valence-corrected chi connectivity index (χ1v) is 4.88. The topological polar surface area (TPSA) is 68.4 Å². The van der Waals surface area contributed by atoms with Crippen LogP contribution in [-0.4, -0.2) is 22.9 Å². The van der Waals surface area contributed by atoms with E-state index in [0.29, 0.717) is 5.56 Å². The van der Waals surface area contributed by atoms with Crippen molar-refractivity contribution in [2.24, 2.45) is 5.73 Å². The van der Waals surface area contributed by atoms with E-state index in [-0.39, 0.29) is 17.5 Å². The van der Waals surface area contributed by atoms with E-state index >= 15 is 0 Å². The number of pyridine rings is 1. The Labute approximate surface area is 96.2 Å². The molecule has 0 spiro atoms. The molecule has 1 atom stereocenters. The number of alkyl halides is 3. The van der Waals surface area contributed by atoms with E-state index in [9.17, 15) is 13.2 Å². The standard InChI is InChI=1S/C10H13F3N2O2/c1-6(14)7-2-8(4-16)9(15-3-7)17-5-10(11,12)13/h2-3,6,16H,4-5,14H2,1H3. The van der Waals surface area contributed by atoms with Crippen LogP contribution in [0.25, 0.3) is 0 Å². The molecule has 0 radical (unpaired) electrons. The quantitative estimate of drug-likeness (QED) is 0.850. The number of nitrogens with two attached hydrogens (primary N) is 1. The minimum Gasteiger partial charge on any atom is -0.468 e. The molecule has 7 heteroatoms. The summed E-state index contributed by atoms with van der Waals surface area (Å²) in [5.74, 6) is -0.228. The lowest BCUT2D eigenvalue weighted by Gasteiger charge is -2.13. The third-order valence-corrected chi connectivity index (χ3v) is 2.02. The van der Waals surface area contributed by atoms with Gasteiger partial charge in [-0.1, -0.05) is 0 Å². The first-order valence-electron chi connectivity index (χ1n) is 4.88. The molecule has 0 aromatic carbocycles. The van der Waals surface area contributed by atoms with Crippen molar-refractivity contribution in [3.63, 3.8) is 0 Å². The molecule has 1 rings (SSSR count). The summed E-state index contributed by atoms with van der Waals surface area (Å²) in [6, 6.07) is 1.16. The van der Waals surface area contributed by atoms with Gasteiger partial charge in [0.25, 0.3) is 0 Å². The zero-order valence-electron chi connectivity index (χ0n) is 9.16. The van der Waals surface area contributed by atoms with Gasteiger partial charge < -0.3 is 15.6 Å². The molecule has 0 aliphatic carbocycles. The molecule has 4 nitrogen and oxygen atoms in total. The highest BCUT2D eigenvalue weighted by atomic mass is 19.4. The predicted molar refractivity (Wildman–Crippen MR) is 54.3 cm³/mol. The fourth-order valence-corrected chi connectivity index (χ4v) is 1.16. The number of hydrogen-bond donors (Lipinski definition) is 2. The SMILES string of the molecule is CC(N)c1cnc(OCC(F)(F)F)c(CO)c1. The molecule has 0 aliphatic heterocycles. The molecule has 0 amide bonds. The molecule has 1 aromatic rings. The first-order chi connectivity index (χ1) is 7.83. The summed E-state index contributed by atoms with van der Waals surface area (Å²) in [4.78, 5) is 3.71. The van der Waals surface area contributed by atoms with Crippen molar-refractivity contribution in [1.29, 1.82) is 0 Å². The van der Waals surface area contributed by atoms with Crippen molar-refractivity contribution in [2.45, 2.75) is 25.7 Å². The Morgan fingerprint density at radius 3 is 2.65 bits per heavy atom. The molecular weight excluding hydrogens is 237 g/mol. The maximum absolute atomic E-state index is 11.9. The number of ether oxygens (including phenoxy) is 1. The Morgan fingerprint density at radius 1 is 1.53 bits per heavy atom. The van der Waals surface area contributed by atoms with Gasteiger partial charge >= 0.3 is 6.18 Å². The Morgan fingerprint density at radius 2 is 2.18 bits per heavy atom. The third kappa shape index (κ3) is 4.20. The lowest BCUT2D eigenvalue weighted by molar-refractivity contribution is -0.154. The van der Waals surface area contributed by atoms with Crippen molar-refractivity contribution >= 4 is 0 Å². The fourth-order valence-electron chi connectivity index (χ4n) is 1.16. The van der Waals surface area contributed by atoms with Crippen molar-refractivity contribution < 1.29 is 23.0 Å².